The standard InChI is InChI=1S/C9H14N2O3S/c1-4(10)9(12)11-7-3-8(15(13)14)6-2-5(6)7/h3-7H,2,10H2,1H3,(H,11,12)(H,13,14)/p-1/t4-,5-,6+,7-/m0/s1. The van der Waals surface area contributed by atoms with Crippen molar-refractivity contribution in [2.75, 3.05) is 0 Å². The van der Waals surface area contributed by atoms with Crippen molar-refractivity contribution in [1.82, 2.24) is 5.32 Å². The Bertz CT molecular complexity index is 353. The van der Waals surface area contributed by atoms with Gasteiger partial charge in [0.05, 0.1) is 12.1 Å². The Hall–Kier alpha value is -0.720. The molecule has 5 atom stereocenters. The van der Waals surface area contributed by atoms with Crippen LogP contribution in [0.25, 0.3) is 0 Å². The predicted octanol–water partition coefficient (Wildman–Crippen LogP) is -0.769. The zero-order valence-electron chi connectivity index (χ0n) is 8.30. The van der Waals surface area contributed by atoms with E-state index >= 15 is 0 Å². The van der Waals surface area contributed by atoms with E-state index in [0.717, 1.165) is 6.42 Å². The molecule has 0 radical (unpaired) electrons. The number of carbonyl (C=O) groups is 1. The quantitative estimate of drug-likeness (QED) is 0.621. The van der Waals surface area contributed by atoms with E-state index in [1.807, 2.05) is 0 Å². The molecule has 0 bridgehead atoms. The van der Waals surface area contributed by atoms with Gasteiger partial charge >= 0.3 is 0 Å². The maximum Gasteiger partial charge on any atom is 0.237 e. The second-order valence-corrected chi connectivity index (χ2v) is 5.07. The van der Waals surface area contributed by atoms with Crippen LogP contribution in [0.5, 0.6) is 0 Å². The van der Waals surface area contributed by atoms with Gasteiger partial charge in [-0.2, -0.15) is 0 Å². The van der Waals surface area contributed by atoms with Crippen molar-refractivity contribution in [3.8, 4) is 0 Å². The van der Waals surface area contributed by atoms with Crippen LogP contribution in [0.2, 0.25) is 0 Å². The van der Waals surface area contributed by atoms with E-state index in [0.29, 0.717) is 4.91 Å². The van der Waals surface area contributed by atoms with Crippen LogP contribution in [0.3, 0.4) is 0 Å². The maximum absolute atomic E-state index is 11.3. The highest BCUT2D eigenvalue weighted by Crippen LogP contribution is 2.52. The van der Waals surface area contributed by atoms with Gasteiger partial charge in [0.1, 0.15) is 0 Å². The fraction of sp³-hybridized carbons (Fsp3) is 0.667. The minimum Gasteiger partial charge on any atom is -0.769 e. The Kier molecular flexibility index (Phi) is 2.66. The Morgan fingerprint density at radius 2 is 2.47 bits per heavy atom. The zero-order chi connectivity index (χ0) is 11.2. The normalized spacial score (nSPS) is 36.5. The summed E-state index contributed by atoms with van der Waals surface area (Å²) in [5.41, 5.74) is 5.41. The number of hydrogen-bond donors (Lipinski definition) is 2. The van der Waals surface area contributed by atoms with Gasteiger partial charge in [0.15, 0.2) is 0 Å². The number of nitrogens with one attached hydrogen (secondary N) is 1. The summed E-state index contributed by atoms with van der Waals surface area (Å²) in [5, 5.41) is 2.74. The summed E-state index contributed by atoms with van der Waals surface area (Å²) >= 11 is -2.15. The number of fused-ring (bicyclic) bond motifs is 1. The number of rotatable bonds is 3. The number of nitrogens with two attached hydrogens (primary N) is 1. The highest BCUT2D eigenvalue weighted by Gasteiger charge is 2.50. The molecule has 1 unspecified atom stereocenters. The average Bonchev–Trinajstić information content (AvgIpc) is 2.84. The van der Waals surface area contributed by atoms with Gasteiger partial charge in [0.2, 0.25) is 5.91 Å². The Morgan fingerprint density at radius 1 is 1.80 bits per heavy atom. The van der Waals surface area contributed by atoms with Crippen molar-refractivity contribution in [3.63, 3.8) is 0 Å². The van der Waals surface area contributed by atoms with Crippen LogP contribution >= 0.6 is 0 Å². The minimum atomic E-state index is -2.15. The van der Waals surface area contributed by atoms with E-state index < -0.39 is 17.1 Å². The van der Waals surface area contributed by atoms with Crippen molar-refractivity contribution < 1.29 is 13.6 Å². The van der Waals surface area contributed by atoms with Gasteiger partial charge in [-0.05, 0) is 36.3 Å². The molecule has 0 spiro atoms. The second-order valence-electron chi connectivity index (χ2n) is 4.13. The Morgan fingerprint density at radius 3 is 2.93 bits per heavy atom. The molecule has 1 amide bonds. The molecule has 6 heteroatoms. The van der Waals surface area contributed by atoms with Crippen molar-refractivity contribution in [2.45, 2.75) is 25.4 Å². The second kappa shape index (κ2) is 3.70. The molecular formula is C9H13N2O3S-. The average molecular weight is 229 g/mol. The van der Waals surface area contributed by atoms with Crippen LogP contribution < -0.4 is 11.1 Å². The van der Waals surface area contributed by atoms with Gasteiger partial charge in [-0.15, -0.1) is 0 Å². The lowest BCUT2D eigenvalue weighted by molar-refractivity contribution is -0.122. The summed E-state index contributed by atoms with van der Waals surface area (Å²) in [5.74, 6) is 0.155. The van der Waals surface area contributed by atoms with E-state index in [2.05, 4.69) is 5.32 Å². The van der Waals surface area contributed by atoms with E-state index in [1.54, 1.807) is 13.0 Å². The molecule has 2 aliphatic rings. The molecule has 0 aromatic rings. The number of amides is 1. The first-order chi connectivity index (χ1) is 7.00. The molecular weight excluding hydrogens is 216 g/mol. The minimum absolute atomic E-state index is 0.127. The van der Waals surface area contributed by atoms with Crippen LogP contribution in [-0.2, 0) is 15.9 Å². The number of hydrogen-bond acceptors (Lipinski definition) is 4. The highest BCUT2D eigenvalue weighted by molar-refractivity contribution is 7.83. The van der Waals surface area contributed by atoms with Gasteiger partial charge in [0.25, 0.3) is 0 Å². The smallest absolute Gasteiger partial charge is 0.237 e. The Balaban J connectivity index is 2.02. The maximum atomic E-state index is 11.3. The third kappa shape index (κ3) is 1.97. The van der Waals surface area contributed by atoms with Crippen molar-refractivity contribution in [2.24, 2.45) is 17.6 Å². The summed E-state index contributed by atoms with van der Waals surface area (Å²) in [6.45, 7) is 1.60. The summed E-state index contributed by atoms with van der Waals surface area (Å²) in [4.78, 5) is 11.8. The van der Waals surface area contributed by atoms with Gasteiger partial charge in [-0.1, -0.05) is 6.08 Å². The first-order valence-electron chi connectivity index (χ1n) is 4.87. The van der Waals surface area contributed by atoms with Crippen LogP contribution in [-0.4, -0.2) is 26.8 Å². The topological polar surface area (TPSA) is 95.2 Å². The summed E-state index contributed by atoms with van der Waals surface area (Å²) in [7, 11) is 0. The molecule has 5 nitrogen and oxygen atoms in total. The van der Waals surface area contributed by atoms with E-state index in [9.17, 15) is 13.6 Å². The molecule has 84 valence electrons. The largest absolute Gasteiger partial charge is 0.769 e. The van der Waals surface area contributed by atoms with Crippen LogP contribution in [0, 0.1) is 11.8 Å². The van der Waals surface area contributed by atoms with Crippen LogP contribution in [0.15, 0.2) is 11.0 Å². The fourth-order valence-electron chi connectivity index (χ4n) is 1.99. The van der Waals surface area contributed by atoms with Gasteiger partial charge in [-0.25, -0.2) is 0 Å². The lowest BCUT2D eigenvalue weighted by atomic mass is 10.2. The third-order valence-corrected chi connectivity index (χ3v) is 3.75. The van der Waals surface area contributed by atoms with Crippen LogP contribution in [0.1, 0.15) is 13.3 Å². The molecule has 2 aliphatic carbocycles. The molecule has 0 heterocycles. The first kappa shape index (κ1) is 10.8. The molecule has 15 heavy (non-hydrogen) atoms. The van der Waals surface area contributed by atoms with E-state index in [1.165, 1.54) is 0 Å². The predicted molar refractivity (Wildman–Crippen MR) is 54.2 cm³/mol. The molecule has 1 saturated carbocycles. The third-order valence-electron chi connectivity index (χ3n) is 2.93. The monoisotopic (exact) mass is 229 g/mol. The molecule has 1 fully saturated rings. The van der Waals surface area contributed by atoms with Gasteiger partial charge in [0, 0.05) is 4.91 Å². The van der Waals surface area contributed by atoms with Crippen molar-refractivity contribution in [1.29, 1.82) is 0 Å². The molecule has 2 rings (SSSR count). The zero-order valence-corrected chi connectivity index (χ0v) is 9.12. The Labute approximate surface area is 90.4 Å². The number of allylic oxidation sites excluding steroid dienone is 1. The number of carbonyl (C=O) groups excluding carboxylic acids is 1. The van der Waals surface area contributed by atoms with Gasteiger partial charge < -0.3 is 15.6 Å². The SMILES string of the molecule is C[C@H](N)C(=O)N[C@H]1C=C(S(=O)[O-])[C@@H]2C[C@H]12. The summed E-state index contributed by atoms with van der Waals surface area (Å²) < 4.78 is 21.6. The molecule has 0 aromatic carbocycles. The molecule has 0 saturated heterocycles. The lowest BCUT2D eigenvalue weighted by Crippen LogP contribution is -2.43. The van der Waals surface area contributed by atoms with E-state index in [4.69, 9.17) is 5.73 Å². The summed E-state index contributed by atoms with van der Waals surface area (Å²) in [6.07, 6.45) is 2.48. The lowest BCUT2D eigenvalue weighted by Gasteiger charge is -2.14. The van der Waals surface area contributed by atoms with Gasteiger partial charge in [-0.3, -0.25) is 9.00 Å². The highest BCUT2D eigenvalue weighted by atomic mass is 32.2. The summed E-state index contributed by atoms with van der Waals surface area (Å²) in [6, 6.07) is -0.709. The molecule has 3 N–H and O–H groups in total. The van der Waals surface area contributed by atoms with E-state index in [-0.39, 0.29) is 23.8 Å². The van der Waals surface area contributed by atoms with Crippen LogP contribution in [0.4, 0.5) is 0 Å². The molecule has 0 aromatic heterocycles. The molecule has 0 aliphatic heterocycles. The van der Waals surface area contributed by atoms with Crippen molar-refractivity contribution >= 4 is 17.0 Å². The fourth-order valence-corrected chi connectivity index (χ4v) is 2.76. The first-order valence-corrected chi connectivity index (χ1v) is 5.95. The van der Waals surface area contributed by atoms with Crippen molar-refractivity contribution in [3.05, 3.63) is 11.0 Å².